The minimum absolute atomic E-state index is 0.0656. The first-order valence-corrected chi connectivity index (χ1v) is 8.06. The minimum Gasteiger partial charge on any atom is -0.454 e. The van der Waals surface area contributed by atoms with E-state index in [1.165, 1.54) is 31.2 Å². The Morgan fingerprint density at radius 2 is 1.81 bits per heavy atom. The van der Waals surface area contributed by atoms with E-state index in [0.29, 0.717) is 16.7 Å². The Labute approximate surface area is 152 Å². The Morgan fingerprint density at radius 1 is 1.11 bits per heavy atom. The molecule has 6 nitrogen and oxygen atoms in total. The molecule has 0 amide bonds. The molecule has 0 aliphatic heterocycles. The molecule has 0 N–H and O–H groups in total. The third-order valence-corrected chi connectivity index (χ3v) is 3.81. The van der Waals surface area contributed by atoms with Crippen molar-refractivity contribution in [2.24, 2.45) is 0 Å². The van der Waals surface area contributed by atoms with Crippen LogP contribution < -0.4 is 4.74 Å². The minimum atomic E-state index is -2.95. The van der Waals surface area contributed by atoms with Crippen molar-refractivity contribution in [3.8, 4) is 5.75 Å². The zero-order valence-electron chi connectivity index (χ0n) is 14.2. The van der Waals surface area contributed by atoms with Crippen LogP contribution in [0.15, 0.2) is 53.1 Å². The third kappa shape index (κ3) is 4.46. The van der Waals surface area contributed by atoms with E-state index in [9.17, 15) is 18.4 Å². The van der Waals surface area contributed by atoms with Gasteiger partial charge in [-0.15, -0.1) is 0 Å². The van der Waals surface area contributed by atoms with Gasteiger partial charge in [0, 0.05) is 10.9 Å². The molecular formula is C19H15F2NO5. The van der Waals surface area contributed by atoms with E-state index in [4.69, 9.17) is 9.26 Å². The number of ketones is 1. The first-order chi connectivity index (χ1) is 12.9. The van der Waals surface area contributed by atoms with E-state index < -0.39 is 24.5 Å². The van der Waals surface area contributed by atoms with Crippen LogP contribution in [0.3, 0.4) is 0 Å². The SMILES string of the molecule is C[C@H](OC(=O)Cc1noc2ccccc12)C(=O)c1ccc(OC(F)F)cc1. The maximum atomic E-state index is 12.3. The average Bonchev–Trinajstić information content (AvgIpc) is 3.04. The van der Waals surface area contributed by atoms with Crippen molar-refractivity contribution in [1.29, 1.82) is 0 Å². The number of rotatable bonds is 7. The lowest BCUT2D eigenvalue weighted by Gasteiger charge is -2.12. The molecule has 0 saturated carbocycles. The Morgan fingerprint density at radius 3 is 2.52 bits per heavy atom. The number of para-hydroxylation sites is 1. The van der Waals surface area contributed by atoms with E-state index >= 15 is 0 Å². The largest absolute Gasteiger partial charge is 0.454 e. The van der Waals surface area contributed by atoms with Crippen molar-refractivity contribution in [2.75, 3.05) is 0 Å². The number of hydrogen-bond acceptors (Lipinski definition) is 6. The summed E-state index contributed by atoms with van der Waals surface area (Å²) >= 11 is 0. The van der Waals surface area contributed by atoms with Gasteiger partial charge in [0.2, 0.25) is 5.78 Å². The van der Waals surface area contributed by atoms with E-state index in [1.807, 2.05) is 0 Å². The molecule has 0 bridgehead atoms. The van der Waals surface area contributed by atoms with Gasteiger partial charge in [0.05, 0.1) is 6.42 Å². The quantitative estimate of drug-likeness (QED) is 0.462. The van der Waals surface area contributed by atoms with Gasteiger partial charge in [0.1, 0.15) is 11.4 Å². The van der Waals surface area contributed by atoms with Gasteiger partial charge in [0.25, 0.3) is 0 Å². The predicted molar refractivity (Wildman–Crippen MR) is 90.7 cm³/mol. The highest BCUT2D eigenvalue weighted by molar-refractivity contribution is 6.00. The maximum absolute atomic E-state index is 12.3. The van der Waals surface area contributed by atoms with Crippen molar-refractivity contribution >= 4 is 22.7 Å². The van der Waals surface area contributed by atoms with Crippen LogP contribution in [0.4, 0.5) is 8.78 Å². The van der Waals surface area contributed by atoms with Crippen molar-refractivity contribution in [3.05, 3.63) is 59.8 Å². The second kappa shape index (κ2) is 7.94. The summed E-state index contributed by atoms with van der Waals surface area (Å²) in [4.78, 5) is 24.4. The number of esters is 1. The first kappa shape index (κ1) is 18.5. The number of carbonyl (C=O) groups excluding carboxylic acids is 2. The number of Topliss-reactive ketones (excluding diaryl/α,β-unsaturated/α-hetero) is 1. The molecule has 0 saturated heterocycles. The lowest BCUT2D eigenvalue weighted by Crippen LogP contribution is -2.25. The average molecular weight is 375 g/mol. The van der Waals surface area contributed by atoms with Crippen molar-refractivity contribution in [3.63, 3.8) is 0 Å². The molecule has 0 aliphatic carbocycles. The number of alkyl halides is 2. The summed E-state index contributed by atoms with van der Waals surface area (Å²) in [7, 11) is 0. The van der Waals surface area contributed by atoms with Gasteiger partial charge in [-0.2, -0.15) is 8.78 Å². The second-order valence-electron chi connectivity index (χ2n) is 5.70. The van der Waals surface area contributed by atoms with E-state index in [-0.39, 0.29) is 17.7 Å². The van der Waals surface area contributed by atoms with Crippen LogP contribution in [0, 0.1) is 0 Å². The van der Waals surface area contributed by atoms with Crippen LogP contribution in [0.2, 0.25) is 0 Å². The monoisotopic (exact) mass is 375 g/mol. The van der Waals surface area contributed by atoms with Crippen molar-refractivity contribution in [2.45, 2.75) is 26.1 Å². The number of nitrogens with zero attached hydrogens (tertiary/aromatic N) is 1. The zero-order chi connectivity index (χ0) is 19.4. The van der Waals surface area contributed by atoms with E-state index in [0.717, 1.165) is 0 Å². The van der Waals surface area contributed by atoms with Crippen LogP contribution >= 0.6 is 0 Å². The molecule has 140 valence electrons. The molecule has 1 heterocycles. The lowest BCUT2D eigenvalue weighted by molar-refractivity contribution is -0.145. The molecule has 27 heavy (non-hydrogen) atoms. The summed E-state index contributed by atoms with van der Waals surface area (Å²) in [6, 6.07) is 12.2. The van der Waals surface area contributed by atoms with Crippen LogP contribution in [0.25, 0.3) is 11.0 Å². The number of halogens is 2. The second-order valence-corrected chi connectivity index (χ2v) is 5.70. The zero-order valence-corrected chi connectivity index (χ0v) is 14.2. The number of ether oxygens (including phenoxy) is 2. The third-order valence-electron chi connectivity index (χ3n) is 3.81. The highest BCUT2D eigenvalue weighted by Crippen LogP contribution is 2.19. The van der Waals surface area contributed by atoms with Crippen LogP contribution in [-0.2, 0) is 16.0 Å². The molecule has 3 aromatic rings. The number of benzene rings is 2. The molecule has 1 atom stereocenters. The normalized spacial score (nSPS) is 12.1. The number of fused-ring (bicyclic) bond motifs is 1. The summed E-state index contributed by atoms with van der Waals surface area (Å²) in [6.45, 7) is -1.51. The number of hydrogen-bond donors (Lipinski definition) is 0. The lowest BCUT2D eigenvalue weighted by atomic mass is 10.1. The first-order valence-electron chi connectivity index (χ1n) is 8.06. The molecule has 0 unspecified atom stereocenters. The molecule has 0 radical (unpaired) electrons. The Balaban J connectivity index is 1.61. The van der Waals surface area contributed by atoms with E-state index in [1.54, 1.807) is 24.3 Å². The van der Waals surface area contributed by atoms with Crippen LogP contribution in [-0.4, -0.2) is 29.6 Å². The van der Waals surface area contributed by atoms with Gasteiger partial charge in [-0.25, -0.2) is 0 Å². The highest BCUT2D eigenvalue weighted by Gasteiger charge is 2.21. The Hall–Kier alpha value is -3.29. The summed E-state index contributed by atoms with van der Waals surface area (Å²) < 4.78 is 38.8. The van der Waals surface area contributed by atoms with Crippen molar-refractivity contribution in [1.82, 2.24) is 5.16 Å². The van der Waals surface area contributed by atoms with Gasteiger partial charge in [0.15, 0.2) is 11.7 Å². The fourth-order valence-electron chi connectivity index (χ4n) is 2.53. The molecule has 1 aromatic heterocycles. The standard InChI is InChI=1S/C19H15F2NO5/c1-11(18(24)12-6-8-13(9-7-12)26-19(20)21)25-17(23)10-15-14-4-2-3-5-16(14)27-22-15/h2-9,11,19H,10H2,1H3/t11-/m0/s1. The Bertz CT molecular complexity index is 952. The molecule has 2 aromatic carbocycles. The molecule has 0 aliphatic rings. The molecule has 0 spiro atoms. The maximum Gasteiger partial charge on any atom is 0.387 e. The molecule has 3 rings (SSSR count). The fourth-order valence-corrected chi connectivity index (χ4v) is 2.53. The topological polar surface area (TPSA) is 78.6 Å². The van der Waals surface area contributed by atoms with Crippen molar-refractivity contribution < 1.29 is 32.4 Å². The van der Waals surface area contributed by atoms with Gasteiger partial charge >= 0.3 is 12.6 Å². The highest BCUT2D eigenvalue weighted by atomic mass is 19.3. The van der Waals surface area contributed by atoms with Crippen LogP contribution in [0.5, 0.6) is 5.75 Å². The van der Waals surface area contributed by atoms with E-state index in [2.05, 4.69) is 9.89 Å². The summed E-state index contributed by atoms with van der Waals surface area (Å²) in [5.41, 5.74) is 1.18. The Kier molecular flexibility index (Phi) is 5.44. The number of aromatic nitrogens is 1. The smallest absolute Gasteiger partial charge is 0.387 e. The predicted octanol–water partition coefficient (Wildman–Crippen LogP) is 3.79. The van der Waals surface area contributed by atoms with Gasteiger partial charge in [-0.05, 0) is 43.3 Å². The van der Waals surface area contributed by atoms with Gasteiger partial charge in [-0.1, -0.05) is 17.3 Å². The molecule has 0 fully saturated rings. The van der Waals surface area contributed by atoms with Gasteiger partial charge in [-0.3, -0.25) is 9.59 Å². The van der Waals surface area contributed by atoms with Crippen LogP contribution in [0.1, 0.15) is 23.0 Å². The summed E-state index contributed by atoms with van der Waals surface area (Å²) in [5, 5.41) is 4.54. The summed E-state index contributed by atoms with van der Waals surface area (Å²) in [6.07, 6.45) is -1.19. The summed E-state index contributed by atoms with van der Waals surface area (Å²) in [5.74, 6) is -1.16. The molecule has 8 heteroatoms. The number of carbonyl (C=O) groups is 2. The molecular weight excluding hydrogens is 360 g/mol. The fraction of sp³-hybridized carbons (Fsp3) is 0.211. The van der Waals surface area contributed by atoms with Gasteiger partial charge < -0.3 is 14.0 Å².